The fourth-order valence-electron chi connectivity index (χ4n) is 1.80. The van der Waals surface area contributed by atoms with Crippen LogP contribution in [0, 0.1) is 12.8 Å². The Morgan fingerprint density at radius 2 is 2.11 bits per heavy atom. The minimum Gasteiger partial charge on any atom is -0.293 e. The summed E-state index contributed by atoms with van der Waals surface area (Å²) >= 11 is 0. The van der Waals surface area contributed by atoms with Crippen LogP contribution in [-0.4, -0.2) is 24.3 Å². The van der Waals surface area contributed by atoms with Crippen molar-refractivity contribution in [2.45, 2.75) is 33.9 Å². The van der Waals surface area contributed by atoms with E-state index in [1.807, 2.05) is 0 Å². The second-order valence-electron chi connectivity index (χ2n) is 4.95. The molecule has 0 aliphatic rings. The van der Waals surface area contributed by atoms with Crippen LogP contribution in [0.3, 0.4) is 0 Å². The molecule has 0 aromatic carbocycles. The standard InChI is InChI=1S/C12H17N5O2/c1-8(2)4-17-10(13-7-14-17)6-16-5-9(3)11(18)15-12(16)19/h5,7-8H,4,6H2,1-3H3,(H,15,18,19). The highest BCUT2D eigenvalue weighted by Gasteiger charge is 2.09. The largest absolute Gasteiger partial charge is 0.328 e. The van der Waals surface area contributed by atoms with Gasteiger partial charge in [-0.3, -0.25) is 14.3 Å². The van der Waals surface area contributed by atoms with E-state index in [9.17, 15) is 9.59 Å². The Labute approximate surface area is 109 Å². The highest BCUT2D eigenvalue weighted by Crippen LogP contribution is 2.02. The molecule has 0 spiro atoms. The Morgan fingerprint density at radius 1 is 1.37 bits per heavy atom. The van der Waals surface area contributed by atoms with E-state index >= 15 is 0 Å². The van der Waals surface area contributed by atoms with Crippen molar-refractivity contribution in [3.8, 4) is 0 Å². The minimum absolute atomic E-state index is 0.295. The van der Waals surface area contributed by atoms with Gasteiger partial charge in [0.25, 0.3) is 5.56 Å². The molecule has 0 saturated carbocycles. The Kier molecular flexibility index (Phi) is 3.64. The first-order valence-corrected chi connectivity index (χ1v) is 6.14. The van der Waals surface area contributed by atoms with E-state index in [2.05, 4.69) is 28.9 Å². The lowest BCUT2D eigenvalue weighted by Gasteiger charge is -2.09. The second kappa shape index (κ2) is 5.21. The first-order chi connectivity index (χ1) is 8.97. The third-order valence-corrected chi connectivity index (χ3v) is 2.73. The van der Waals surface area contributed by atoms with Gasteiger partial charge < -0.3 is 0 Å². The molecule has 2 aromatic rings. The molecule has 0 saturated heterocycles. The van der Waals surface area contributed by atoms with Gasteiger partial charge in [0, 0.05) is 18.3 Å². The SMILES string of the molecule is Cc1cn(Cc2ncnn2CC(C)C)c(=O)[nH]c1=O. The molecule has 1 N–H and O–H groups in total. The summed E-state index contributed by atoms with van der Waals surface area (Å²) in [6.07, 6.45) is 3.01. The zero-order valence-corrected chi connectivity index (χ0v) is 11.3. The lowest BCUT2D eigenvalue weighted by atomic mass is 10.2. The van der Waals surface area contributed by atoms with Crippen molar-refractivity contribution >= 4 is 0 Å². The highest BCUT2D eigenvalue weighted by molar-refractivity contribution is 5.02. The Morgan fingerprint density at radius 3 is 2.79 bits per heavy atom. The normalized spacial score (nSPS) is 11.2. The Balaban J connectivity index is 2.32. The maximum atomic E-state index is 11.7. The van der Waals surface area contributed by atoms with E-state index in [1.54, 1.807) is 11.6 Å². The lowest BCUT2D eigenvalue weighted by Crippen LogP contribution is -2.31. The van der Waals surface area contributed by atoms with E-state index in [-0.39, 0.29) is 5.56 Å². The summed E-state index contributed by atoms with van der Waals surface area (Å²) in [6.45, 7) is 6.87. The third-order valence-electron chi connectivity index (χ3n) is 2.73. The number of aryl methyl sites for hydroxylation is 1. The summed E-state index contributed by atoms with van der Waals surface area (Å²) in [7, 11) is 0. The van der Waals surface area contributed by atoms with Gasteiger partial charge >= 0.3 is 5.69 Å². The number of nitrogens with zero attached hydrogens (tertiary/aromatic N) is 4. The van der Waals surface area contributed by atoms with E-state index < -0.39 is 5.69 Å². The van der Waals surface area contributed by atoms with Gasteiger partial charge in [0.05, 0.1) is 6.54 Å². The molecule has 0 aliphatic carbocycles. The number of hydrogen-bond acceptors (Lipinski definition) is 4. The summed E-state index contributed by atoms with van der Waals surface area (Å²) in [6, 6.07) is 0. The number of aromatic nitrogens is 5. The summed E-state index contributed by atoms with van der Waals surface area (Å²) < 4.78 is 3.20. The quantitative estimate of drug-likeness (QED) is 0.850. The van der Waals surface area contributed by atoms with Gasteiger partial charge in [-0.2, -0.15) is 5.10 Å². The average Bonchev–Trinajstić information content (AvgIpc) is 2.72. The van der Waals surface area contributed by atoms with Crippen molar-refractivity contribution in [2.75, 3.05) is 0 Å². The van der Waals surface area contributed by atoms with Crippen LogP contribution in [0.1, 0.15) is 25.2 Å². The van der Waals surface area contributed by atoms with Gasteiger partial charge in [0.2, 0.25) is 0 Å². The van der Waals surface area contributed by atoms with Crippen LogP contribution >= 0.6 is 0 Å². The maximum Gasteiger partial charge on any atom is 0.328 e. The molecule has 0 bridgehead atoms. The molecule has 7 nitrogen and oxygen atoms in total. The number of H-pyrrole nitrogens is 1. The van der Waals surface area contributed by atoms with Crippen molar-refractivity contribution < 1.29 is 0 Å². The number of nitrogens with one attached hydrogen (secondary N) is 1. The molecule has 0 aliphatic heterocycles. The van der Waals surface area contributed by atoms with Crippen LogP contribution in [0.4, 0.5) is 0 Å². The monoisotopic (exact) mass is 263 g/mol. The minimum atomic E-state index is -0.435. The second-order valence-corrected chi connectivity index (χ2v) is 4.95. The van der Waals surface area contributed by atoms with Crippen LogP contribution in [-0.2, 0) is 13.1 Å². The van der Waals surface area contributed by atoms with E-state index in [0.717, 1.165) is 6.54 Å². The topological polar surface area (TPSA) is 85.6 Å². The van der Waals surface area contributed by atoms with Gasteiger partial charge in [0.1, 0.15) is 12.2 Å². The zero-order chi connectivity index (χ0) is 14.0. The molecule has 0 fully saturated rings. The average molecular weight is 263 g/mol. The fourth-order valence-corrected chi connectivity index (χ4v) is 1.80. The molecule has 0 atom stereocenters. The van der Waals surface area contributed by atoms with Crippen LogP contribution < -0.4 is 11.2 Å². The molecular weight excluding hydrogens is 246 g/mol. The van der Waals surface area contributed by atoms with E-state index in [4.69, 9.17) is 0 Å². The number of rotatable bonds is 4. The predicted molar refractivity (Wildman–Crippen MR) is 70.0 cm³/mol. The van der Waals surface area contributed by atoms with E-state index in [1.165, 1.54) is 17.1 Å². The molecule has 102 valence electrons. The Bertz CT molecular complexity index is 680. The van der Waals surface area contributed by atoms with Crippen LogP contribution in [0.2, 0.25) is 0 Å². The van der Waals surface area contributed by atoms with Gasteiger partial charge in [-0.15, -0.1) is 0 Å². The molecule has 7 heteroatoms. The zero-order valence-electron chi connectivity index (χ0n) is 11.3. The van der Waals surface area contributed by atoms with Crippen molar-refractivity contribution in [1.82, 2.24) is 24.3 Å². The van der Waals surface area contributed by atoms with Gasteiger partial charge in [0.15, 0.2) is 0 Å². The van der Waals surface area contributed by atoms with Crippen molar-refractivity contribution in [2.24, 2.45) is 5.92 Å². The first kappa shape index (κ1) is 13.3. The molecule has 0 amide bonds. The summed E-state index contributed by atoms with van der Waals surface area (Å²) in [5.74, 6) is 1.14. The summed E-state index contributed by atoms with van der Waals surface area (Å²) in [5.41, 5.74) is -0.297. The first-order valence-electron chi connectivity index (χ1n) is 6.14. The van der Waals surface area contributed by atoms with Gasteiger partial charge in [-0.1, -0.05) is 13.8 Å². The summed E-state index contributed by atoms with van der Waals surface area (Å²) in [4.78, 5) is 29.4. The molecule has 0 unspecified atom stereocenters. The number of hydrogen-bond donors (Lipinski definition) is 1. The smallest absolute Gasteiger partial charge is 0.293 e. The fraction of sp³-hybridized carbons (Fsp3) is 0.500. The molecule has 19 heavy (non-hydrogen) atoms. The van der Waals surface area contributed by atoms with Crippen molar-refractivity contribution in [1.29, 1.82) is 0 Å². The highest BCUT2D eigenvalue weighted by atomic mass is 16.2. The lowest BCUT2D eigenvalue weighted by molar-refractivity contribution is 0.458. The third kappa shape index (κ3) is 2.98. The van der Waals surface area contributed by atoms with Crippen molar-refractivity contribution in [3.05, 3.63) is 44.8 Å². The van der Waals surface area contributed by atoms with Crippen LogP contribution in [0.5, 0.6) is 0 Å². The van der Waals surface area contributed by atoms with Crippen molar-refractivity contribution in [3.63, 3.8) is 0 Å². The molecule has 2 rings (SSSR count). The van der Waals surface area contributed by atoms with Crippen LogP contribution in [0.25, 0.3) is 0 Å². The van der Waals surface area contributed by atoms with E-state index in [0.29, 0.717) is 23.9 Å². The molecule has 2 aromatic heterocycles. The molecular formula is C12H17N5O2. The van der Waals surface area contributed by atoms with Gasteiger partial charge in [-0.25, -0.2) is 14.5 Å². The molecule has 2 heterocycles. The maximum absolute atomic E-state index is 11.7. The van der Waals surface area contributed by atoms with Crippen LogP contribution in [0.15, 0.2) is 22.1 Å². The molecule has 0 radical (unpaired) electrons. The Hall–Kier alpha value is -2.18. The summed E-state index contributed by atoms with van der Waals surface area (Å²) in [5, 5.41) is 4.14. The predicted octanol–water partition coefficient (Wildman–Crippen LogP) is 0.141. The number of aromatic amines is 1. The van der Waals surface area contributed by atoms with Gasteiger partial charge in [-0.05, 0) is 12.8 Å².